The third-order valence-electron chi connectivity index (χ3n) is 2.81. The molecule has 1 aliphatic rings. The van der Waals surface area contributed by atoms with Gasteiger partial charge in [-0.3, -0.25) is 15.1 Å². The van der Waals surface area contributed by atoms with Gasteiger partial charge in [-0.2, -0.15) is 11.8 Å². The fourth-order valence-corrected chi connectivity index (χ4v) is 3.06. The summed E-state index contributed by atoms with van der Waals surface area (Å²) in [5.41, 5.74) is 2.66. The minimum absolute atomic E-state index is 0.298. The second-order valence-electron chi connectivity index (χ2n) is 4.15. The molecule has 5 nitrogen and oxygen atoms in total. The van der Waals surface area contributed by atoms with Crippen molar-refractivity contribution in [3.05, 3.63) is 23.7 Å². The van der Waals surface area contributed by atoms with E-state index in [2.05, 4.69) is 17.2 Å². The number of hydrogen-bond donors (Lipinski definition) is 2. The van der Waals surface area contributed by atoms with Crippen LogP contribution in [0.15, 0.2) is 16.7 Å². The van der Waals surface area contributed by atoms with Crippen molar-refractivity contribution in [3.8, 4) is 0 Å². The van der Waals surface area contributed by atoms with E-state index in [0.29, 0.717) is 23.1 Å². The summed E-state index contributed by atoms with van der Waals surface area (Å²) < 4.78 is 5.36. The average molecular weight is 255 g/mol. The zero-order chi connectivity index (χ0) is 12.3. The van der Waals surface area contributed by atoms with Crippen LogP contribution in [0.2, 0.25) is 0 Å². The van der Waals surface area contributed by atoms with Gasteiger partial charge in [0.25, 0.3) is 5.91 Å². The van der Waals surface area contributed by atoms with Crippen molar-refractivity contribution in [2.75, 3.05) is 18.8 Å². The summed E-state index contributed by atoms with van der Waals surface area (Å²) in [7, 11) is 0. The molecular formula is C11H17N3O2S. The van der Waals surface area contributed by atoms with Gasteiger partial charge in [0.2, 0.25) is 0 Å². The van der Waals surface area contributed by atoms with E-state index in [0.717, 1.165) is 18.8 Å². The Labute approximate surface area is 105 Å². The minimum Gasteiger partial charge on any atom is -0.467 e. The number of rotatable bonds is 3. The fourth-order valence-electron chi connectivity index (χ4n) is 1.98. The van der Waals surface area contributed by atoms with E-state index in [4.69, 9.17) is 10.3 Å². The van der Waals surface area contributed by atoms with E-state index in [1.165, 1.54) is 6.26 Å². The zero-order valence-corrected chi connectivity index (χ0v) is 10.6. The molecule has 2 heterocycles. The van der Waals surface area contributed by atoms with E-state index < -0.39 is 0 Å². The maximum absolute atomic E-state index is 11.5. The van der Waals surface area contributed by atoms with Gasteiger partial charge >= 0.3 is 0 Å². The lowest BCUT2D eigenvalue weighted by molar-refractivity contribution is 0.0950. The van der Waals surface area contributed by atoms with Crippen LogP contribution in [-0.2, 0) is 6.54 Å². The molecule has 1 aromatic heterocycles. The lowest BCUT2D eigenvalue weighted by Gasteiger charge is -2.29. The van der Waals surface area contributed by atoms with Gasteiger partial charge in [-0.25, -0.2) is 5.84 Å². The van der Waals surface area contributed by atoms with Gasteiger partial charge in [0, 0.05) is 24.1 Å². The molecule has 0 bridgehead atoms. The van der Waals surface area contributed by atoms with Crippen LogP contribution in [0.3, 0.4) is 0 Å². The lowest BCUT2D eigenvalue weighted by Crippen LogP contribution is -2.37. The van der Waals surface area contributed by atoms with Crippen molar-refractivity contribution < 1.29 is 9.21 Å². The van der Waals surface area contributed by atoms with E-state index in [1.54, 1.807) is 6.07 Å². The Balaban J connectivity index is 2.03. The first-order chi connectivity index (χ1) is 8.20. The Hall–Kier alpha value is -0.980. The van der Waals surface area contributed by atoms with Crippen LogP contribution in [0.1, 0.15) is 23.0 Å². The predicted molar refractivity (Wildman–Crippen MR) is 67.6 cm³/mol. The molecule has 1 aromatic rings. The fraction of sp³-hybridized carbons (Fsp3) is 0.545. The topological polar surface area (TPSA) is 71.5 Å². The number of furan rings is 1. The molecule has 1 fully saturated rings. The second-order valence-corrected chi connectivity index (χ2v) is 5.69. The monoisotopic (exact) mass is 255 g/mol. The number of carbonyl (C=O) groups excluding carboxylic acids is 1. The number of nitrogens with one attached hydrogen (secondary N) is 1. The first kappa shape index (κ1) is 12.5. The van der Waals surface area contributed by atoms with Gasteiger partial charge < -0.3 is 4.42 Å². The molecule has 17 heavy (non-hydrogen) atoms. The van der Waals surface area contributed by atoms with Crippen LogP contribution in [0.5, 0.6) is 0 Å². The molecule has 1 unspecified atom stereocenters. The zero-order valence-electron chi connectivity index (χ0n) is 9.81. The smallest absolute Gasteiger partial charge is 0.268 e. The quantitative estimate of drug-likeness (QED) is 0.475. The van der Waals surface area contributed by atoms with Crippen LogP contribution in [0.25, 0.3) is 0 Å². The molecule has 1 aliphatic heterocycles. The molecule has 0 aliphatic carbocycles. The summed E-state index contributed by atoms with van der Waals surface area (Å²) >= 11 is 1.98. The number of carbonyl (C=O) groups is 1. The number of nitrogens with two attached hydrogens (primary N) is 1. The third kappa shape index (κ3) is 3.02. The predicted octanol–water partition coefficient (Wildman–Crippen LogP) is 0.820. The van der Waals surface area contributed by atoms with Crippen LogP contribution in [0, 0.1) is 0 Å². The molecule has 1 saturated heterocycles. The van der Waals surface area contributed by atoms with Gasteiger partial charge in [-0.05, 0) is 6.07 Å². The van der Waals surface area contributed by atoms with E-state index in [1.807, 2.05) is 11.8 Å². The lowest BCUT2D eigenvalue weighted by atomic mass is 10.2. The molecule has 2 rings (SSSR count). The molecule has 1 atom stereocenters. The summed E-state index contributed by atoms with van der Waals surface area (Å²) in [4.78, 5) is 13.8. The Kier molecular flexibility index (Phi) is 4.09. The van der Waals surface area contributed by atoms with E-state index >= 15 is 0 Å². The molecule has 0 spiro atoms. The highest BCUT2D eigenvalue weighted by atomic mass is 32.2. The van der Waals surface area contributed by atoms with Crippen molar-refractivity contribution in [2.24, 2.45) is 5.84 Å². The molecule has 0 saturated carbocycles. The summed E-state index contributed by atoms with van der Waals surface area (Å²) in [6, 6.07) is 1.65. The number of nitrogens with zero attached hydrogens (tertiary/aromatic N) is 1. The maximum Gasteiger partial charge on any atom is 0.268 e. The highest BCUT2D eigenvalue weighted by Crippen LogP contribution is 2.21. The molecule has 0 aromatic carbocycles. The van der Waals surface area contributed by atoms with Crippen molar-refractivity contribution in [1.82, 2.24) is 10.3 Å². The number of hydrogen-bond acceptors (Lipinski definition) is 5. The number of hydrazine groups is 1. The largest absolute Gasteiger partial charge is 0.467 e. The Bertz CT molecular complexity index is 394. The van der Waals surface area contributed by atoms with Gasteiger partial charge in [-0.1, -0.05) is 6.92 Å². The SMILES string of the molecule is CC1CN(Cc2occc2C(=O)NN)CCS1. The number of amides is 1. The highest BCUT2D eigenvalue weighted by Gasteiger charge is 2.21. The standard InChI is InChI=1S/C11H17N3O2S/c1-8-6-14(3-5-17-8)7-10-9(2-4-16-10)11(15)13-12/h2,4,8H,3,5-7,12H2,1H3,(H,13,15). The number of nitrogen functional groups attached to an aromatic ring is 1. The van der Waals surface area contributed by atoms with Crippen molar-refractivity contribution in [2.45, 2.75) is 18.7 Å². The first-order valence-corrected chi connectivity index (χ1v) is 6.67. The summed E-state index contributed by atoms with van der Waals surface area (Å²) in [6.45, 7) is 4.93. The van der Waals surface area contributed by atoms with Crippen molar-refractivity contribution >= 4 is 17.7 Å². The molecule has 3 N–H and O–H groups in total. The maximum atomic E-state index is 11.5. The Morgan fingerprint density at radius 1 is 1.76 bits per heavy atom. The first-order valence-electron chi connectivity index (χ1n) is 5.62. The summed E-state index contributed by atoms with van der Waals surface area (Å²) in [5, 5.41) is 0.630. The normalized spacial score (nSPS) is 21.4. The summed E-state index contributed by atoms with van der Waals surface area (Å²) in [6.07, 6.45) is 1.53. The van der Waals surface area contributed by atoms with Gasteiger partial charge in [-0.15, -0.1) is 0 Å². The molecule has 0 radical (unpaired) electrons. The third-order valence-corrected chi connectivity index (χ3v) is 3.95. The van der Waals surface area contributed by atoms with Crippen LogP contribution >= 0.6 is 11.8 Å². The van der Waals surface area contributed by atoms with Gasteiger partial charge in [0.1, 0.15) is 5.76 Å². The van der Waals surface area contributed by atoms with Crippen LogP contribution in [-0.4, -0.2) is 34.9 Å². The molecule has 6 heteroatoms. The molecule has 94 valence electrons. The Morgan fingerprint density at radius 2 is 2.59 bits per heavy atom. The molecule has 1 amide bonds. The highest BCUT2D eigenvalue weighted by molar-refractivity contribution is 7.99. The van der Waals surface area contributed by atoms with E-state index in [-0.39, 0.29) is 5.91 Å². The van der Waals surface area contributed by atoms with Crippen LogP contribution in [0.4, 0.5) is 0 Å². The average Bonchev–Trinajstić information content (AvgIpc) is 2.76. The van der Waals surface area contributed by atoms with Gasteiger partial charge in [0.05, 0.1) is 18.4 Å². The van der Waals surface area contributed by atoms with Crippen LogP contribution < -0.4 is 11.3 Å². The second kappa shape index (κ2) is 5.57. The minimum atomic E-state index is -0.298. The van der Waals surface area contributed by atoms with Crippen molar-refractivity contribution in [1.29, 1.82) is 0 Å². The van der Waals surface area contributed by atoms with Gasteiger partial charge in [0.15, 0.2) is 0 Å². The summed E-state index contributed by atoms with van der Waals surface area (Å²) in [5.74, 6) is 6.64. The number of thioether (sulfide) groups is 1. The Morgan fingerprint density at radius 3 is 3.29 bits per heavy atom. The molecular weight excluding hydrogens is 238 g/mol. The van der Waals surface area contributed by atoms with E-state index in [9.17, 15) is 4.79 Å². The van der Waals surface area contributed by atoms with Crippen molar-refractivity contribution in [3.63, 3.8) is 0 Å².